The Bertz CT molecular complexity index is 659. The number of rotatable bonds is 11. The van der Waals surface area contributed by atoms with E-state index >= 15 is 0 Å². The van der Waals surface area contributed by atoms with Gasteiger partial charge in [0.1, 0.15) is 0 Å². The molecule has 1 heterocycles. The number of halogens is 1. The Morgan fingerprint density at radius 1 is 1.30 bits per heavy atom. The van der Waals surface area contributed by atoms with E-state index in [2.05, 4.69) is 34.6 Å². The molecule has 0 bridgehead atoms. The summed E-state index contributed by atoms with van der Waals surface area (Å²) in [6, 6.07) is 1.99. The SMILES string of the molecule is CCC(CC)c1cc(CNC(=NC)NCCCN(CC)S(C)(=O)=O)on1.I. The summed E-state index contributed by atoms with van der Waals surface area (Å²) in [6.07, 6.45) is 4.02. The van der Waals surface area contributed by atoms with Gasteiger partial charge in [-0.3, -0.25) is 4.99 Å². The van der Waals surface area contributed by atoms with Crippen LogP contribution in [0.2, 0.25) is 0 Å². The number of hydrogen-bond acceptors (Lipinski definition) is 5. The number of nitrogens with one attached hydrogen (secondary N) is 2. The van der Waals surface area contributed by atoms with Crippen LogP contribution >= 0.6 is 24.0 Å². The van der Waals surface area contributed by atoms with Crippen molar-refractivity contribution in [3.05, 3.63) is 17.5 Å². The second kappa shape index (κ2) is 13.3. The molecule has 0 unspecified atom stereocenters. The first-order chi connectivity index (χ1) is 12.3. The fourth-order valence-corrected chi connectivity index (χ4v) is 3.65. The molecule has 0 saturated carbocycles. The number of aliphatic imine (C=N–C) groups is 1. The summed E-state index contributed by atoms with van der Waals surface area (Å²) in [6.45, 7) is 8.23. The number of guanidine groups is 1. The molecular weight excluding hydrogens is 481 g/mol. The molecule has 27 heavy (non-hydrogen) atoms. The van der Waals surface area contributed by atoms with Crippen LogP contribution in [0.15, 0.2) is 15.6 Å². The molecule has 1 aromatic heterocycles. The molecule has 1 aromatic rings. The predicted octanol–water partition coefficient (Wildman–Crippen LogP) is 2.53. The number of nitrogens with zero attached hydrogens (tertiary/aromatic N) is 3. The van der Waals surface area contributed by atoms with Crippen molar-refractivity contribution in [3.63, 3.8) is 0 Å². The summed E-state index contributed by atoms with van der Waals surface area (Å²) >= 11 is 0. The molecule has 8 nitrogen and oxygen atoms in total. The standard InChI is InChI=1S/C17H33N5O3S.HI/c1-6-14(7-2)16-12-15(25-21-16)13-20-17(18-4)19-10-9-11-22(8-3)26(5,23)24;/h12,14H,6-11,13H2,1-5H3,(H2,18,19,20);1H. The van der Waals surface area contributed by atoms with Crippen LogP contribution in [-0.4, -0.2) is 56.8 Å². The quantitative estimate of drug-likeness (QED) is 0.203. The highest BCUT2D eigenvalue weighted by atomic mass is 127. The minimum atomic E-state index is -3.14. The lowest BCUT2D eigenvalue weighted by Gasteiger charge is -2.18. The highest BCUT2D eigenvalue weighted by Crippen LogP contribution is 2.22. The average molecular weight is 515 g/mol. The number of sulfonamides is 1. The van der Waals surface area contributed by atoms with Crippen molar-refractivity contribution in [3.8, 4) is 0 Å². The first-order valence-electron chi connectivity index (χ1n) is 9.20. The van der Waals surface area contributed by atoms with Gasteiger partial charge in [0.25, 0.3) is 0 Å². The highest BCUT2D eigenvalue weighted by molar-refractivity contribution is 14.0. The van der Waals surface area contributed by atoms with Crippen LogP contribution in [0.1, 0.15) is 57.4 Å². The second-order valence-corrected chi connectivity index (χ2v) is 8.17. The molecule has 0 saturated heterocycles. The molecule has 0 aliphatic rings. The van der Waals surface area contributed by atoms with E-state index in [9.17, 15) is 8.42 Å². The van der Waals surface area contributed by atoms with Gasteiger partial charge in [0, 0.05) is 38.7 Å². The van der Waals surface area contributed by atoms with Gasteiger partial charge in [0.2, 0.25) is 10.0 Å². The third-order valence-corrected chi connectivity index (χ3v) is 5.71. The van der Waals surface area contributed by atoms with E-state index in [0.29, 0.717) is 44.5 Å². The summed E-state index contributed by atoms with van der Waals surface area (Å²) in [5, 5.41) is 10.5. The molecule has 10 heteroatoms. The molecule has 0 aliphatic carbocycles. The Kier molecular flexibility index (Phi) is 12.9. The minimum absolute atomic E-state index is 0. The van der Waals surface area contributed by atoms with Gasteiger partial charge in [-0.15, -0.1) is 24.0 Å². The van der Waals surface area contributed by atoms with E-state index in [-0.39, 0.29) is 24.0 Å². The maximum Gasteiger partial charge on any atom is 0.211 e. The van der Waals surface area contributed by atoms with E-state index < -0.39 is 10.0 Å². The van der Waals surface area contributed by atoms with Gasteiger partial charge in [0.15, 0.2) is 11.7 Å². The third-order valence-electron chi connectivity index (χ3n) is 4.33. The molecule has 0 radical (unpaired) electrons. The number of aromatic nitrogens is 1. The van der Waals surface area contributed by atoms with E-state index in [0.717, 1.165) is 24.3 Å². The van der Waals surface area contributed by atoms with Crippen molar-refractivity contribution in [1.29, 1.82) is 0 Å². The molecule has 158 valence electrons. The largest absolute Gasteiger partial charge is 0.359 e. The van der Waals surface area contributed by atoms with E-state index in [4.69, 9.17) is 4.52 Å². The lowest BCUT2D eigenvalue weighted by Crippen LogP contribution is -2.39. The van der Waals surface area contributed by atoms with Crippen LogP contribution in [0.5, 0.6) is 0 Å². The molecule has 0 aromatic carbocycles. The second-order valence-electron chi connectivity index (χ2n) is 6.19. The van der Waals surface area contributed by atoms with Crippen molar-refractivity contribution < 1.29 is 12.9 Å². The maximum absolute atomic E-state index is 11.6. The summed E-state index contributed by atoms with van der Waals surface area (Å²) < 4.78 is 29.9. The maximum atomic E-state index is 11.6. The molecule has 1 rings (SSSR count). The van der Waals surface area contributed by atoms with Crippen LogP contribution in [0.3, 0.4) is 0 Å². The van der Waals surface area contributed by atoms with Crippen LogP contribution in [0.25, 0.3) is 0 Å². The zero-order valence-corrected chi connectivity index (χ0v) is 20.1. The predicted molar refractivity (Wildman–Crippen MR) is 120 cm³/mol. The van der Waals surface area contributed by atoms with E-state index in [1.807, 2.05) is 13.0 Å². The fraction of sp³-hybridized carbons (Fsp3) is 0.765. The van der Waals surface area contributed by atoms with Gasteiger partial charge in [-0.05, 0) is 19.3 Å². The average Bonchev–Trinajstić information content (AvgIpc) is 3.06. The fourth-order valence-electron chi connectivity index (χ4n) is 2.72. The van der Waals surface area contributed by atoms with Crippen molar-refractivity contribution >= 4 is 40.0 Å². The Balaban J connectivity index is 0.00000676. The monoisotopic (exact) mass is 515 g/mol. The Morgan fingerprint density at radius 2 is 1.96 bits per heavy atom. The zero-order valence-electron chi connectivity index (χ0n) is 17.0. The molecule has 0 aliphatic heterocycles. The van der Waals surface area contributed by atoms with Gasteiger partial charge < -0.3 is 15.2 Å². The van der Waals surface area contributed by atoms with E-state index in [1.54, 1.807) is 7.05 Å². The van der Waals surface area contributed by atoms with E-state index in [1.165, 1.54) is 10.6 Å². The Labute approximate surface area is 180 Å². The summed E-state index contributed by atoms with van der Waals surface area (Å²) in [5.41, 5.74) is 0.996. The summed E-state index contributed by atoms with van der Waals surface area (Å²) in [7, 11) is -1.44. The molecular formula is C17H34IN5O3S. The molecule has 0 spiro atoms. The van der Waals surface area contributed by atoms with Crippen LogP contribution < -0.4 is 10.6 Å². The van der Waals surface area contributed by atoms with Gasteiger partial charge in [0.05, 0.1) is 18.5 Å². The lowest BCUT2D eigenvalue weighted by atomic mass is 9.99. The third kappa shape index (κ3) is 9.24. The number of hydrogen-bond donors (Lipinski definition) is 2. The van der Waals surface area contributed by atoms with Crippen molar-refractivity contribution in [2.45, 2.75) is 52.5 Å². The first kappa shape index (κ1) is 26.1. The van der Waals surface area contributed by atoms with Crippen molar-refractivity contribution in [2.24, 2.45) is 4.99 Å². The van der Waals surface area contributed by atoms with Crippen molar-refractivity contribution in [1.82, 2.24) is 20.1 Å². The van der Waals surface area contributed by atoms with Gasteiger partial charge in [-0.2, -0.15) is 0 Å². The minimum Gasteiger partial charge on any atom is -0.359 e. The first-order valence-corrected chi connectivity index (χ1v) is 11.1. The molecule has 0 amide bonds. The van der Waals surface area contributed by atoms with Gasteiger partial charge in [-0.1, -0.05) is 25.9 Å². The molecule has 2 N–H and O–H groups in total. The highest BCUT2D eigenvalue weighted by Gasteiger charge is 2.14. The lowest BCUT2D eigenvalue weighted by molar-refractivity contribution is 0.368. The zero-order chi connectivity index (χ0) is 19.6. The normalized spacial score (nSPS) is 12.3. The van der Waals surface area contributed by atoms with Gasteiger partial charge >= 0.3 is 0 Å². The van der Waals surface area contributed by atoms with Crippen LogP contribution in [0.4, 0.5) is 0 Å². The van der Waals surface area contributed by atoms with Gasteiger partial charge in [-0.25, -0.2) is 12.7 Å². The topological polar surface area (TPSA) is 99.8 Å². The molecule has 0 fully saturated rings. The smallest absolute Gasteiger partial charge is 0.211 e. The summed E-state index contributed by atoms with van der Waals surface area (Å²) in [4.78, 5) is 4.16. The molecule has 0 atom stereocenters. The Morgan fingerprint density at radius 3 is 2.48 bits per heavy atom. The Hall–Kier alpha value is -0.880. The summed E-state index contributed by atoms with van der Waals surface area (Å²) in [5.74, 6) is 1.85. The van der Waals surface area contributed by atoms with Crippen LogP contribution in [-0.2, 0) is 16.6 Å². The van der Waals surface area contributed by atoms with Crippen molar-refractivity contribution in [2.75, 3.05) is 32.9 Å². The van der Waals surface area contributed by atoms with Crippen LogP contribution in [0, 0.1) is 0 Å².